The van der Waals surface area contributed by atoms with Crippen LogP contribution in [0.5, 0.6) is 0 Å². The molecule has 7 heteroatoms. The third kappa shape index (κ3) is 6.48. The lowest BCUT2D eigenvalue weighted by atomic mass is 9.89. The molecule has 27 heavy (non-hydrogen) atoms. The molecule has 156 valence electrons. The highest BCUT2D eigenvalue weighted by atomic mass is 127. The van der Waals surface area contributed by atoms with E-state index in [1.165, 1.54) is 38.5 Å². The van der Waals surface area contributed by atoms with E-state index in [1.54, 1.807) is 0 Å². The summed E-state index contributed by atoms with van der Waals surface area (Å²) in [5.41, 5.74) is 0.393. The minimum absolute atomic E-state index is 0. The number of nitrogens with zero attached hydrogens (tertiary/aromatic N) is 4. The fraction of sp³-hybridized carbons (Fsp3) is 0.900. The van der Waals surface area contributed by atoms with Crippen LogP contribution in [0.2, 0.25) is 0 Å². The second-order valence-electron chi connectivity index (χ2n) is 8.54. The van der Waals surface area contributed by atoms with Crippen LogP contribution in [0.4, 0.5) is 0 Å². The van der Waals surface area contributed by atoms with Crippen molar-refractivity contribution in [2.45, 2.75) is 52.4 Å². The molecule has 0 bridgehead atoms. The lowest BCUT2D eigenvalue weighted by Gasteiger charge is -2.37. The smallest absolute Gasteiger partial charge is 0.236 e. The molecule has 0 atom stereocenters. The normalized spacial score (nSPS) is 23.4. The first-order valence-corrected chi connectivity index (χ1v) is 10.6. The maximum absolute atomic E-state index is 12.4. The molecule has 0 unspecified atom stereocenters. The van der Waals surface area contributed by atoms with Gasteiger partial charge in [-0.3, -0.25) is 14.7 Å². The molecule has 3 fully saturated rings. The van der Waals surface area contributed by atoms with Crippen molar-refractivity contribution < 1.29 is 4.79 Å². The van der Waals surface area contributed by atoms with Gasteiger partial charge in [0.1, 0.15) is 0 Å². The van der Waals surface area contributed by atoms with Crippen LogP contribution >= 0.6 is 24.0 Å². The van der Waals surface area contributed by atoms with E-state index < -0.39 is 0 Å². The van der Waals surface area contributed by atoms with Crippen LogP contribution < -0.4 is 5.32 Å². The standard InChI is InChI=1S/C20H37N5O.HI/c1-3-21-19(22-17-20(2)8-4-5-9-20)25-14-12-23(13-15-25)16-18(26)24-10-6-7-11-24;/h3-17H2,1-2H3,(H,21,22);1H. The Bertz CT molecular complexity index is 493. The molecule has 0 spiro atoms. The average molecular weight is 491 g/mol. The molecule has 6 nitrogen and oxygen atoms in total. The van der Waals surface area contributed by atoms with Crippen LogP contribution in [-0.2, 0) is 4.79 Å². The van der Waals surface area contributed by atoms with Gasteiger partial charge in [0.05, 0.1) is 6.54 Å². The Balaban J connectivity index is 0.00000261. The number of carbonyl (C=O) groups excluding carboxylic acids is 1. The molecule has 0 radical (unpaired) electrons. The number of hydrogen-bond acceptors (Lipinski definition) is 3. The van der Waals surface area contributed by atoms with Gasteiger partial charge in [-0.2, -0.15) is 0 Å². The second kappa shape index (κ2) is 10.8. The third-order valence-corrected chi connectivity index (χ3v) is 6.25. The molecule has 0 aromatic carbocycles. The van der Waals surface area contributed by atoms with Gasteiger partial charge < -0.3 is 15.1 Å². The highest BCUT2D eigenvalue weighted by molar-refractivity contribution is 14.0. The molecule has 0 aromatic rings. The summed E-state index contributed by atoms with van der Waals surface area (Å²) < 4.78 is 0. The van der Waals surface area contributed by atoms with Crippen molar-refractivity contribution in [2.75, 3.05) is 58.9 Å². The Morgan fingerprint density at radius 1 is 0.963 bits per heavy atom. The zero-order valence-electron chi connectivity index (χ0n) is 17.2. The van der Waals surface area contributed by atoms with Crippen molar-refractivity contribution in [2.24, 2.45) is 10.4 Å². The molecule has 3 rings (SSSR count). The van der Waals surface area contributed by atoms with E-state index in [-0.39, 0.29) is 24.0 Å². The predicted octanol–water partition coefficient (Wildman–Crippen LogP) is 2.39. The summed E-state index contributed by atoms with van der Waals surface area (Å²) in [7, 11) is 0. The van der Waals surface area contributed by atoms with Gasteiger partial charge in [-0.15, -0.1) is 24.0 Å². The van der Waals surface area contributed by atoms with Crippen molar-refractivity contribution in [1.29, 1.82) is 0 Å². The van der Waals surface area contributed by atoms with Crippen LogP contribution in [-0.4, -0.2) is 85.5 Å². The van der Waals surface area contributed by atoms with E-state index in [0.717, 1.165) is 58.3 Å². The molecule has 2 saturated heterocycles. The summed E-state index contributed by atoms with van der Waals surface area (Å²) >= 11 is 0. The second-order valence-corrected chi connectivity index (χ2v) is 8.54. The minimum Gasteiger partial charge on any atom is -0.357 e. The lowest BCUT2D eigenvalue weighted by molar-refractivity contribution is -0.131. The first-order valence-electron chi connectivity index (χ1n) is 10.6. The summed E-state index contributed by atoms with van der Waals surface area (Å²) in [6.45, 7) is 12.6. The van der Waals surface area contributed by atoms with Crippen LogP contribution in [0.3, 0.4) is 0 Å². The topological polar surface area (TPSA) is 51.2 Å². The Hall–Kier alpha value is -0.570. The molecule has 1 N–H and O–H groups in total. The molecule has 3 aliphatic rings. The van der Waals surface area contributed by atoms with Gasteiger partial charge in [-0.05, 0) is 38.0 Å². The van der Waals surface area contributed by atoms with Crippen molar-refractivity contribution in [3.05, 3.63) is 0 Å². The van der Waals surface area contributed by atoms with Crippen molar-refractivity contribution in [3.63, 3.8) is 0 Å². The number of halogens is 1. The number of nitrogens with one attached hydrogen (secondary N) is 1. The molecule has 1 saturated carbocycles. The Morgan fingerprint density at radius 3 is 2.19 bits per heavy atom. The fourth-order valence-corrected chi connectivity index (χ4v) is 4.45. The van der Waals surface area contributed by atoms with E-state index in [4.69, 9.17) is 4.99 Å². The molecule has 0 aromatic heterocycles. The third-order valence-electron chi connectivity index (χ3n) is 6.25. The van der Waals surface area contributed by atoms with Gasteiger partial charge >= 0.3 is 0 Å². The quantitative estimate of drug-likeness (QED) is 0.365. The number of rotatable bonds is 5. The summed E-state index contributed by atoms with van der Waals surface area (Å²) in [5, 5.41) is 3.48. The number of amides is 1. The van der Waals surface area contributed by atoms with E-state index in [9.17, 15) is 4.79 Å². The summed E-state index contributed by atoms with van der Waals surface area (Å²) in [6.07, 6.45) is 7.66. The maximum Gasteiger partial charge on any atom is 0.236 e. The SMILES string of the molecule is CCNC(=NCC1(C)CCCC1)N1CCN(CC(=O)N2CCCC2)CC1.I. The molecule has 1 aliphatic carbocycles. The first-order chi connectivity index (χ1) is 12.6. The summed E-state index contributed by atoms with van der Waals surface area (Å²) in [4.78, 5) is 24.0. The van der Waals surface area contributed by atoms with Crippen molar-refractivity contribution in [3.8, 4) is 0 Å². The minimum atomic E-state index is 0. The Labute approximate surface area is 182 Å². The monoisotopic (exact) mass is 491 g/mol. The molecular weight excluding hydrogens is 453 g/mol. The van der Waals surface area contributed by atoms with Crippen molar-refractivity contribution >= 4 is 35.8 Å². The van der Waals surface area contributed by atoms with Gasteiger partial charge in [0.2, 0.25) is 5.91 Å². The van der Waals surface area contributed by atoms with Gasteiger partial charge in [0.25, 0.3) is 0 Å². The molecule has 2 heterocycles. The van der Waals surface area contributed by atoms with Gasteiger partial charge in [-0.25, -0.2) is 0 Å². The molecular formula is C20H38IN5O. The first kappa shape index (κ1) is 22.7. The predicted molar refractivity (Wildman–Crippen MR) is 122 cm³/mol. The fourth-order valence-electron chi connectivity index (χ4n) is 4.45. The number of hydrogen-bond donors (Lipinski definition) is 1. The van der Waals surface area contributed by atoms with Gasteiger partial charge in [0, 0.05) is 52.4 Å². The maximum atomic E-state index is 12.4. The van der Waals surface area contributed by atoms with Crippen molar-refractivity contribution in [1.82, 2.24) is 20.0 Å². The van der Waals surface area contributed by atoms with Crippen LogP contribution in [0.1, 0.15) is 52.4 Å². The van der Waals surface area contributed by atoms with E-state index in [0.29, 0.717) is 17.9 Å². The van der Waals surface area contributed by atoms with Crippen LogP contribution in [0.25, 0.3) is 0 Å². The zero-order chi connectivity index (χ0) is 18.4. The number of guanidine groups is 1. The van der Waals surface area contributed by atoms with Crippen LogP contribution in [0.15, 0.2) is 4.99 Å². The molecule has 2 aliphatic heterocycles. The Kier molecular flexibility index (Phi) is 9.11. The Morgan fingerprint density at radius 2 is 1.59 bits per heavy atom. The van der Waals surface area contributed by atoms with Gasteiger partial charge in [-0.1, -0.05) is 19.8 Å². The number of aliphatic imine (C=N–C) groups is 1. The highest BCUT2D eigenvalue weighted by Crippen LogP contribution is 2.37. The van der Waals surface area contributed by atoms with Gasteiger partial charge in [0.15, 0.2) is 5.96 Å². The van der Waals surface area contributed by atoms with Crippen LogP contribution in [0, 0.1) is 5.41 Å². The van der Waals surface area contributed by atoms with E-state index in [2.05, 4.69) is 29.0 Å². The largest absolute Gasteiger partial charge is 0.357 e. The average Bonchev–Trinajstić information content (AvgIpc) is 3.32. The summed E-state index contributed by atoms with van der Waals surface area (Å²) in [5.74, 6) is 1.37. The highest BCUT2D eigenvalue weighted by Gasteiger charge is 2.29. The number of piperazine rings is 1. The van der Waals surface area contributed by atoms with E-state index in [1.807, 2.05) is 4.90 Å². The molecule has 1 amide bonds. The zero-order valence-corrected chi connectivity index (χ0v) is 19.5. The summed E-state index contributed by atoms with van der Waals surface area (Å²) in [6, 6.07) is 0. The number of likely N-dealkylation sites (tertiary alicyclic amines) is 1. The number of carbonyl (C=O) groups is 1. The lowest BCUT2D eigenvalue weighted by Crippen LogP contribution is -2.54. The van der Waals surface area contributed by atoms with E-state index >= 15 is 0 Å².